The minimum atomic E-state index is -0.553. The van der Waals surface area contributed by atoms with Crippen LogP contribution in [0.5, 0.6) is 0 Å². The summed E-state index contributed by atoms with van der Waals surface area (Å²) in [4.78, 5) is 15.7. The number of aliphatic hydroxyl groups is 1. The summed E-state index contributed by atoms with van der Waals surface area (Å²) in [5.74, 6) is 0.922. The lowest BCUT2D eigenvalue weighted by atomic mass is 10.2. The molecule has 1 heterocycles. The average Bonchev–Trinajstić information content (AvgIpc) is 2.92. The molecule has 1 unspecified atom stereocenters. The normalized spacial score (nSPS) is 12.1. The molecule has 2 rings (SSSR count). The number of rotatable bonds is 6. The number of oxazole rings is 1. The first-order valence-electron chi connectivity index (χ1n) is 6.70. The van der Waals surface area contributed by atoms with Crippen molar-refractivity contribution < 1.29 is 14.3 Å². The van der Waals surface area contributed by atoms with Crippen molar-refractivity contribution in [2.75, 3.05) is 6.54 Å². The lowest BCUT2D eigenvalue weighted by Gasteiger charge is -2.05. The van der Waals surface area contributed by atoms with Gasteiger partial charge < -0.3 is 14.8 Å². The van der Waals surface area contributed by atoms with Crippen molar-refractivity contribution in [3.63, 3.8) is 0 Å². The number of carbonyl (C=O) groups is 1. The SMILES string of the molecule is CC(O)CNC(=O)CCc1ncc(-c2ccccc2Cl)o1. The van der Waals surface area contributed by atoms with Crippen LogP contribution in [0.1, 0.15) is 19.2 Å². The molecule has 0 aliphatic rings. The Morgan fingerprint density at radius 1 is 1.48 bits per heavy atom. The predicted molar refractivity (Wildman–Crippen MR) is 80.0 cm³/mol. The van der Waals surface area contributed by atoms with Crippen molar-refractivity contribution in [1.82, 2.24) is 10.3 Å². The Hall–Kier alpha value is -1.85. The van der Waals surface area contributed by atoms with Gasteiger partial charge >= 0.3 is 0 Å². The van der Waals surface area contributed by atoms with Crippen molar-refractivity contribution >= 4 is 17.5 Å². The molecule has 5 nitrogen and oxygen atoms in total. The van der Waals surface area contributed by atoms with E-state index in [1.54, 1.807) is 19.2 Å². The van der Waals surface area contributed by atoms with Gasteiger partial charge in [0.25, 0.3) is 0 Å². The number of aromatic nitrogens is 1. The van der Waals surface area contributed by atoms with Crippen LogP contribution < -0.4 is 5.32 Å². The highest BCUT2D eigenvalue weighted by atomic mass is 35.5. The van der Waals surface area contributed by atoms with E-state index < -0.39 is 6.10 Å². The highest BCUT2D eigenvalue weighted by Crippen LogP contribution is 2.28. The van der Waals surface area contributed by atoms with Gasteiger partial charge in [0, 0.05) is 24.9 Å². The van der Waals surface area contributed by atoms with Crippen LogP contribution in [0.2, 0.25) is 5.02 Å². The summed E-state index contributed by atoms with van der Waals surface area (Å²) in [6, 6.07) is 7.34. The molecule has 0 saturated heterocycles. The van der Waals surface area contributed by atoms with Crippen molar-refractivity contribution in [1.29, 1.82) is 0 Å². The van der Waals surface area contributed by atoms with Crippen LogP contribution in [-0.2, 0) is 11.2 Å². The smallest absolute Gasteiger partial charge is 0.220 e. The second-order valence-corrected chi connectivity index (χ2v) is 5.16. The largest absolute Gasteiger partial charge is 0.441 e. The van der Waals surface area contributed by atoms with E-state index in [0.29, 0.717) is 23.1 Å². The maximum absolute atomic E-state index is 11.5. The fourth-order valence-electron chi connectivity index (χ4n) is 1.78. The van der Waals surface area contributed by atoms with Crippen LogP contribution >= 0.6 is 11.6 Å². The minimum Gasteiger partial charge on any atom is -0.441 e. The summed E-state index contributed by atoms with van der Waals surface area (Å²) in [5, 5.41) is 12.3. The van der Waals surface area contributed by atoms with Gasteiger partial charge in [0.2, 0.25) is 5.91 Å². The summed E-state index contributed by atoms with van der Waals surface area (Å²) in [5.41, 5.74) is 0.775. The molecule has 0 fully saturated rings. The quantitative estimate of drug-likeness (QED) is 0.859. The zero-order valence-electron chi connectivity index (χ0n) is 11.7. The first-order valence-corrected chi connectivity index (χ1v) is 7.08. The van der Waals surface area contributed by atoms with Crippen molar-refractivity contribution in [2.24, 2.45) is 0 Å². The first-order chi connectivity index (χ1) is 10.1. The third-order valence-corrected chi connectivity index (χ3v) is 3.18. The molecular weight excluding hydrogens is 292 g/mol. The third kappa shape index (κ3) is 4.58. The number of hydrogen-bond acceptors (Lipinski definition) is 4. The lowest BCUT2D eigenvalue weighted by Crippen LogP contribution is -2.30. The molecule has 0 aliphatic heterocycles. The van der Waals surface area contributed by atoms with E-state index >= 15 is 0 Å². The fraction of sp³-hybridized carbons (Fsp3) is 0.333. The van der Waals surface area contributed by atoms with Gasteiger partial charge in [-0.2, -0.15) is 0 Å². The van der Waals surface area contributed by atoms with Gasteiger partial charge in [-0.15, -0.1) is 0 Å². The van der Waals surface area contributed by atoms with Crippen LogP contribution in [0.4, 0.5) is 0 Å². The zero-order valence-corrected chi connectivity index (χ0v) is 12.4. The van der Waals surface area contributed by atoms with Crippen molar-refractivity contribution in [3.8, 4) is 11.3 Å². The van der Waals surface area contributed by atoms with Gasteiger partial charge in [0.15, 0.2) is 11.7 Å². The average molecular weight is 309 g/mol. The molecule has 1 amide bonds. The molecule has 6 heteroatoms. The molecule has 112 valence electrons. The number of aryl methyl sites for hydroxylation is 1. The van der Waals surface area contributed by atoms with Gasteiger partial charge in [0.1, 0.15) is 0 Å². The maximum atomic E-state index is 11.5. The van der Waals surface area contributed by atoms with E-state index in [9.17, 15) is 4.79 Å². The number of carbonyl (C=O) groups excluding carboxylic acids is 1. The van der Waals surface area contributed by atoms with E-state index in [0.717, 1.165) is 5.56 Å². The molecule has 0 bridgehead atoms. The van der Waals surface area contributed by atoms with Crippen molar-refractivity contribution in [2.45, 2.75) is 25.9 Å². The van der Waals surface area contributed by atoms with Crippen LogP contribution in [-0.4, -0.2) is 28.6 Å². The summed E-state index contributed by atoms with van der Waals surface area (Å²) in [6.07, 6.45) is 1.71. The van der Waals surface area contributed by atoms with E-state index in [-0.39, 0.29) is 18.9 Å². The fourth-order valence-corrected chi connectivity index (χ4v) is 2.01. The Morgan fingerprint density at radius 2 is 2.24 bits per heavy atom. The number of benzene rings is 1. The molecule has 0 spiro atoms. The second-order valence-electron chi connectivity index (χ2n) is 4.75. The molecule has 2 aromatic rings. The molecule has 0 saturated carbocycles. The molecule has 1 aromatic carbocycles. The molecular formula is C15H17ClN2O3. The first kappa shape index (κ1) is 15.5. The second kappa shape index (κ2) is 7.24. The van der Waals surface area contributed by atoms with Gasteiger partial charge in [-0.1, -0.05) is 23.7 Å². The van der Waals surface area contributed by atoms with E-state index in [4.69, 9.17) is 21.1 Å². The molecule has 0 radical (unpaired) electrons. The Balaban J connectivity index is 1.92. The number of amides is 1. The molecule has 1 aromatic heterocycles. The van der Waals surface area contributed by atoms with E-state index in [2.05, 4.69) is 10.3 Å². The summed E-state index contributed by atoms with van der Waals surface area (Å²) in [7, 11) is 0. The molecule has 2 N–H and O–H groups in total. The summed E-state index contributed by atoms with van der Waals surface area (Å²) in [6.45, 7) is 1.86. The Labute approximate surface area is 128 Å². The van der Waals surface area contributed by atoms with Crippen LogP contribution in [0.3, 0.4) is 0 Å². The van der Waals surface area contributed by atoms with Gasteiger partial charge in [-0.25, -0.2) is 4.98 Å². The predicted octanol–water partition coefficient (Wildman–Crippen LogP) is 2.42. The highest BCUT2D eigenvalue weighted by Gasteiger charge is 2.11. The van der Waals surface area contributed by atoms with Crippen LogP contribution in [0.15, 0.2) is 34.9 Å². The number of nitrogens with zero attached hydrogens (tertiary/aromatic N) is 1. The van der Waals surface area contributed by atoms with E-state index in [1.807, 2.05) is 18.2 Å². The number of nitrogens with one attached hydrogen (secondary N) is 1. The molecule has 0 aliphatic carbocycles. The monoisotopic (exact) mass is 308 g/mol. The minimum absolute atomic E-state index is 0.145. The Morgan fingerprint density at radius 3 is 2.95 bits per heavy atom. The van der Waals surface area contributed by atoms with E-state index in [1.165, 1.54) is 0 Å². The van der Waals surface area contributed by atoms with Crippen LogP contribution in [0.25, 0.3) is 11.3 Å². The standard InChI is InChI=1S/C15H17ClN2O3/c1-10(19)8-17-14(20)6-7-15-18-9-13(21-15)11-4-2-3-5-12(11)16/h2-5,9-10,19H,6-8H2,1H3,(H,17,20). The molecule has 21 heavy (non-hydrogen) atoms. The van der Waals surface area contributed by atoms with Gasteiger partial charge in [0.05, 0.1) is 17.3 Å². The van der Waals surface area contributed by atoms with Gasteiger partial charge in [-0.3, -0.25) is 4.79 Å². The summed E-state index contributed by atoms with van der Waals surface area (Å²) >= 11 is 6.09. The number of hydrogen-bond donors (Lipinski definition) is 2. The Kier molecular flexibility index (Phi) is 5.36. The maximum Gasteiger partial charge on any atom is 0.220 e. The lowest BCUT2D eigenvalue weighted by molar-refractivity contribution is -0.121. The zero-order chi connectivity index (χ0) is 15.2. The van der Waals surface area contributed by atoms with Crippen LogP contribution in [0, 0.1) is 0 Å². The number of halogens is 1. The Bertz CT molecular complexity index is 610. The third-order valence-electron chi connectivity index (χ3n) is 2.85. The van der Waals surface area contributed by atoms with Crippen molar-refractivity contribution in [3.05, 3.63) is 41.4 Å². The highest BCUT2D eigenvalue weighted by molar-refractivity contribution is 6.33. The van der Waals surface area contributed by atoms with Gasteiger partial charge in [-0.05, 0) is 19.1 Å². The number of aliphatic hydroxyl groups excluding tert-OH is 1. The topological polar surface area (TPSA) is 75.4 Å². The summed E-state index contributed by atoms with van der Waals surface area (Å²) < 4.78 is 5.60. The molecule has 1 atom stereocenters.